The van der Waals surface area contributed by atoms with Crippen molar-refractivity contribution in [3.63, 3.8) is 0 Å². The molecule has 128 valence electrons. The highest BCUT2D eigenvalue weighted by molar-refractivity contribution is 5.91. The van der Waals surface area contributed by atoms with Crippen LogP contribution in [0, 0.1) is 0 Å². The Balaban J connectivity index is 1.63. The number of hydrogen-bond acceptors (Lipinski definition) is 4. The molecule has 25 heavy (non-hydrogen) atoms. The molecule has 0 bridgehead atoms. The third-order valence-corrected chi connectivity index (χ3v) is 3.78. The number of hydrogen-bond donors (Lipinski definition) is 2. The largest absolute Gasteiger partial charge is 0.495 e. The number of ether oxygens (including phenoxy) is 1. The number of amides is 2. The Morgan fingerprint density at radius 2 is 1.92 bits per heavy atom. The summed E-state index contributed by atoms with van der Waals surface area (Å²) < 4.78 is 6.91. The van der Waals surface area contributed by atoms with Gasteiger partial charge in [0.2, 0.25) is 0 Å². The van der Waals surface area contributed by atoms with Crippen molar-refractivity contribution in [3.05, 3.63) is 66.7 Å². The van der Waals surface area contributed by atoms with E-state index in [-0.39, 0.29) is 12.1 Å². The Hall–Kier alpha value is -3.35. The van der Waals surface area contributed by atoms with Gasteiger partial charge >= 0.3 is 6.03 Å². The van der Waals surface area contributed by atoms with Crippen LogP contribution in [0.15, 0.2) is 61.2 Å². The molecule has 0 aliphatic heterocycles. The van der Waals surface area contributed by atoms with Gasteiger partial charge in [-0.25, -0.2) is 14.5 Å². The predicted molar refractivity (Wildman–Crippen MR) is 94.9 cm³/mol. The molecule has 0 saturated heterocycles. The molecular formula is C18H19N5O2. The molecule has 0 saturated carbocycles. The van der Waals surface area contributed by atoms with Gasteiger partial charge in [-0.3, -0.25) is 0 Å². The molecule has 0 radical (unpaired) electrons. The third kappa shape index (κ3) is 3.95. The SMILES string of the molecule is COc1ccccc1NC(=O)NC(C)c1ccc(-n2cncn2)cc1. The number of urea groups is 1. The van der Waals surface area contributed by atoms with Crippen LogP contribution in [0.1, 0.15) is 18.5 Å². The molecule has 1 unspecified atom stereocenters. The summed E-state index contributed by atoms with van der Waals surface area (Å²) in [7, 11) is 1.57. The van der Waals surface area contributed by atoms with Gasteiger partial charge in [0.25, 0.3) is 0 Å². The van der Waals surface area contributed by atoms with E-state index >= 15 is 0 Å². The minimum absolute atomic E-state index is 0.153. The highest BCUT2D eigenvalue weighted by Gasteiger charge is 2.11. The normalized spacial score (nSPS) is 11.6. The van der Waals surface area contributed by atoms with Crippen molar-refractivity contribution in [1.29, 1.82) is 0 Å². The van der Waals surface area contributed by atoms with Crippen molar-refractivity contribution in [1.82, 2.24) is 20.1 Å². The van der Waals surface area contributed by atoms with Crippen LogP contribution in [-0.4, -0.2) is 27.9 Å². The van der Waals surface area contributed by atoms with E-state index in [0.29, 0.717) is 11.4 Å². The van der Waals surface area contributed by atoms with E-state index in [0.717, 1.165) is 11.3 Å². The monoisotopic (exact) mass is 337 g/mol. The highest BCUT2D eigenvalue weighted by atomic mass is 16.5. The second kappa shape index (κ2) is 7.48. The van der Waals surface area contributed by atoms with E-state index in [4.69, 9.17) is 4.74 Å². The van der Waals surface area contributed by atoms with Crippen LogP contribution < -0.4 is 15.4 Å². The number of para-hydroxylation sites is 2. The quantitative estimate of drug-likeness (QED) is 0.749. The summed E-state index contributed by atoms with van der Waals surface area (Å²) in [5.41, 5.74) is 2.52. The van der Waals surface area contributed by atoms with E-state index in [1.165, 1.54) is 6.33 Å². The van der Waals surface area contributed by atoms with Gasteiger partial charge in [0.1, 0.15) is 18.4 Å². The zero-order chi connectivity index (χ0) is 17.6. The summed E-state index contributed by atoms with van der Waals surface area (Å²) in [6.45, 7) is 1.92. The van der Waals surface area contributed by atoms with E-state index < -0.39 is 0 Å². The van der Waals surface area contributed by atoms with Gasteiger partial charge in [0.05, 0.1) is 24.5 Å². The molecule has 7 nitrogen and oxygen atoms in total. The molecule has 0 aliphatic carbocycles. The molecule has 2 amide bonds. The fraction of sp³-hybridized carbons (Fsp3) is 0.167. The van der Waals surface area contributed by atoms with Crippen molar-refractivity contribution in [2.75, 3.05) is 12.4 Å². The highest BCUT2D eigenvalue weighted by Crippen LogP contribution is 2.23. The van der Waals surface area contributed by atoms with Gasteiger partial charge in [-0.2, -0.15) is 5.10 Å². The minimum Gasteiger partial charge on any atom is -0.495 e. The zero-order valence-electron chi connectivity index (χ0n) is 14.0. The Bertz CT molecular complexity index is 831. The molecule has 1 aromatic heterocycles. The van der Waals surface area contributed by atoms with Crippen LogP contribution in [0.5, 0.6) is 5.75 Å². The van der Waals surface area contributed by atoms with Gasteiger partial charge in [-0.15, -0.1) is 0 Å². The lowest BCUT2D eigenvalue weighted by Crippen LogP contribution is -2.31. The predicted octanol–water partition coefficient (Wildman–Crippen LogP) is 3.16. The molecule has 0 aliphatic rings. The molecule has 3 rings (SSSR count). The van der Waals surface area contributed by atoms with Gasteiger partial charge < -0.3 is 15.4 Å². The first-order valence-corrected chi connectivity index (χ1v) is 7.83. The first-order valence-electron chi connectivity index (χ1n) is 7.83. The van der Waals surface area contributed by atoms with Crippen molar-refractivity contribution in [2.45, 2.75) is 13.0 Å². The lowest BCUT2D eigenvalue weighted by atomic mass is 10.1. The number of aromatic nitrogens is 3. The number of nitrogens with zero attached hydrogens (tertiary/aromatic N) is 3. The smallest absolute Gasteiger partial charge is 0.319 e. The number of anilines is 1. The summed E-state index contributed by atoms with van der Waals surface area (Å²) >= 11 is 0. The maximum absolute atomic E-state index is 12.2. The van der Waals surface area contributed by atoms with Crippen molar-refractivity contribution in [3.8, 4) is 11.4 Å². The second-order valence-electron chi connectivity index (χ2n) is 5.45. The topological polar surface area (TPSA) is 81.1 Å². The Kier molecular flexibility index (Phi) is 4.94. The number of rotatable bonds is 5. The minimum atomic E-state index is -0.294. The average molecular weight is 337 g/mol. The standard InChI is InChI=1S/C18H19N5O2/c1-13(14-7-9-15(10-8-14)23-12-19-11-20-23)21-18(24)22-16-5-3-4-6-17(16)25-2/h3-13H,1-2H3,(H2,21,22,24). The number of nitrogens with one attached hydrogen (secondary N) is 2. The summed E-state index contributed by atoms with van der Waals surface area (Å²) in [6.07, 6.45) is 3.12. The van der Waals surface area contributed by atoms with E-state index in [9.17, 15) is 4.79 Å². The third-order valence-electron chi connectivity index (χ3n) is 3.78. The summed E-state index contributed by atoms with van der Waals surface area (Å²) in [6, 6.07) is 14.6. The van der Waals surface area contributed by atoms with Crippen molar-refractivity contribution < 1.29 is 9.53 Å². The van der Waals surface area contributed by atoms with Crippen LogP contribution in [0.2, 0.25) is 0 Å². The Labute approximate surface area is 145 Å². The average Bonchev–Trinajstić information content (AvgIpc) is 3.17. The Morgan fingerprint density at radius 3 is 2.60 bits per heavy atom. The molecule has 2 aromatic carbocycles. The summed E-state index contributed by atoms with van der Waals surface area (Å²) in [4.78, 5) is 16.1. The second-order valence-corrected chi connectivity index (χ2v) is 5.45. The number of carbonyl (C=O) groups is 1. The van der Waals surface area contributed by atoms with Crippen molar-refractivity contribution >= 4 is 11.7 Å². The molecule has 2 N–H and O–H groups in total. The van der Waals surface area contributed by atoms with Gasteiger partial charge in [-0.05, 0) is 36.8 Å². The fourth-order valence-electron chi connectivity index (χ4n) is 2.44. The summed E-state index contributed by atoms with van der Waals surface area (Å²) in [5, 5.41) is 9.79. The van der Waals surface area contributed by atoms with Gasteiger partial charge in [0, 0.05) is 0 Å². The van der Waals surface area contributed by atoms with E-state index in [1.54, 1.807) is 30.3 Å². The first-order chi connectivity index (χ1) is 12.2. The lowest BCUT2D eigenvalue weighted by molar-refractivity contribution is 0.249. The summed E-state index contributed by atoms with van der Waals surface area (Å²) in [5.74, 6) is 0.613. The van der Waals surface area contributed by atoms with Crippen LogP contribution in [0.25, 0.3) is 5.69 Å². The van der Waals surface area contributed by atoms with Gasteiger partial charge in [-0.1, -0.05) is 24.3 Å². The molecule has 3 aromatic rings. The maximum Gasteiger partial charge on any atom is 0.319 e. The molecule has 1 atom stereocenters. The molecule has 7 heteroatoms. The number of benzene rings is 2. The first kappa shape index (κ1) is 16.5. The number of carbonyl (C=O) groups excluding carboxylic acids is 1. The fourth-order valence-corrected chi connectivity index (χ4v) is 2.44. The zero-order valence-corrected chi connectivity index (χ0v) is 14.0. The molecule has 0 spiro atoms. The van der Waals surface area contributed by atoms with Crippen LogP contribution in [0.4, 0.5) is 10.5 Å². The van der Waals surface area contributed by atoms with Crippen molar-refractivity contribution in [2.24, 2.45) is 0 Å². The van der Waals surface area contributed by atoms with E-state index in [2.05, 4.69) is 20.7 Å². The van der Waals surface area contributed by atoms with Crippen LogP contribution in [-0.2, 0) is 0 Å². The Morgan fingerprint density at radius 1 is 1.16 bits per heavy atom. The molecular weight excluding hydrogens is 318 g/mol. The van der Waals surface area contributed by atoms with E-state index in [1.807, 2.05) is 43.3 Å². The number of methoxy groups -OCH3 is 1. The maximum atomic E-state index is 12.2. The molecule has 1 heterocycles. The van der Waals surface area contributed by atoms with Crippen LogP contribution >= 0.6 is 0 Å². The molecule has 0 fully saturated rings. The van der Waals surface area contributed by atoms with Crippen LogP contribution in [0.3, 0.4) is 0 Å². The lowest BCUT2D eigenvalue weighted by Gasteiger charge is -2.16. The van der Waals surface area contributed by atoms with Gasteiger partial charge in [0.15, 0.2) is 0 Å².